The predicted molar refractivity (Wildman–Crippen MR) is 73.2 cm³/mol. The first-order valence-corrected chi connectivity index (χ1v) is 6.49. The van der Waals surface area contributed by atoms with E-state index >= 15 is 0 Å². The summed E-state index contributed by atoms with van der Waals surface area (Å²) in [5, 5.41) is 8.67. The molecule has 1 aromatic rings. The number of rotatable bonds is 8. The molecule has 3 N–H and O–H groups in total. The number of ether oxygens (including phenoxy) is 2. The monoisotopic (exact) mass is 267 g/mol. The van der Waals surface area contributed by atoms with Crippen LogP contribution in [0.3, 0.4) is 0 Å². The molecule has 0 heterocycles. The van der Waals surface area contributed by atoms with Crippen molar-refractivity contribution < 1.29 is 19.4 Å². The van der Waals surface area contributed by atoms with Crippen molar-refractivity contribution >= 4 is 11.7 Å². The van der Waals surface area contributed by atoms with Crippen LogP contribution in [0.2, 0.25) is 0 Å². The van der Waals surface area contributed by atoms with Crippen LogP contribution in [0.25, 0.3) is 0 Å². The summed E-state index contributed by atoms with van der Waals surface area (Å²) in [5.74, 6) is 0.0526. The maximum absolute atomic E-state index is 11.8. The molecule has 0 spiro atoms. The van der Waals surface area contributed by atoms with Crippen LogP contribution in [0.1, 0.15) is 36.5 Å². The van der Waals surface area contributed by atoms with Gasteiger partial charge in [0, 0.05) is 12.3 Å². The Labute approximate surface area is 113 Å². The van der Waals surface area contributed by atoms with Gasteiger partial charge in [0.15, 0.2) is 0 Å². The van der Waals surface area contributed by atoms with Crippen molar-refractivity contribution in [3.8, 4) is 5.75 Å². The smallest absolute Gasteiger partial charge is 0.341 e. The van der Waals surface area contributed by atoms with Gasteiger partial charge in [-0.1, -0.05) is 0 Å². The molecular weight excluding hydrogens is 246 g/mol. The first kappa shape index (κ1) is 15.3. The number of carbonyl (C=O) groups is 1. The number of anilines is 1. The maximum atomic E-state index is 11.8. The number of carbonyl (C=O) groups excluding carboxylic acids is 1. The summed E-state index contributed by atoms with van der Waals surface area (Å²) in [4.78, 5) is 11.8. The quantitative estimate of drug-likeness (QED) is 0.427. The number of aliphatic hydroxyl groups excluding tert-OH is 1. The van der Waals surface area contributed by atoms with Crippen LogP contribution in [-0.2, 0) is 4.74 Å². The summed E-state index contributed by atoms with van der Waals surface area (Å²) in [6, 6.07) is 4.92. The largest absolute Gasteiger partial charge is 0.493 e. The molecule has 5 heteroatoms. The van der Waals surface area contributed by atoms with Crippen LogP contribution in [0.15, 0.2) is 18.2 Å². The molecule has 0 aliphatic rings. The van der Waals surface area contributed by atoms with Gasteiger partial charge in [-0.3, -0.25) is 0 Å². The topological polar surface area (TPSA) is 81.8 Å². The zero-order chi connectivity index (χ0) is 14.1. The molecule has 1 aromatic carbocycles. The van der Waals surface area contributed by atoms with Gasteiger partial charge in [-0.25, -0.2) is 4.79 Å². The molecule has 0 aliphatic carbocycles. The van der Waals surface area contributed by atoms with Crippen molar-refractivity contribution in [3.05, 3.63) is 23.8 Å². The number of unbranched alkanes of at least 4 members (excludes halogenated alkanes) is 2. The molecule has 0 atom stereocenters. The lowest BCUT2D eigenvalue weighted by Crippen LogP contribution is -2.09. The van der Waals surface area contributed by atoms with E-state index in [0.29, 0.717) is 30.2 Å². The summed E-state index contributed by atoms with van der Waals surface area (Å²) in [5.41, 5.74) is 6.51. The van der Waals surface area contributed by atoms with Crippen molar-refractivity contribution in [3.63, 3.8) is 0 Å². The van der Waals surface area contributed by atoms with Gasteiger partial charge in [0.1, 0.15) is 11.3 Å². The molecule has 0 bridgehead atoms. The lowest BCUT2D eigenvalue weighted by molar-refractivity contribution is 0.0521. The molecule has 5 nitrogen and oxygen atoms in total. The summed E-state index contributed by atoms with van der Waals surface area (Å²) >= 11 is 0. The minimum Gasteiger partial charge on any atom is -0.493 e. The molecule has 106 valence electrons. The molecule has 0 aromatic heterocycles. The highest BCUT2D eigenvalue weighted by Gasteiger charge is 2.14. The fourth-order valence-electron chi connectivity index (χ4n) is 1.61. The SMILES string of the molecule is CCOC(=O)c1cc(N)ccc1OCCCCCO. The standard InChI is InChI=1S/C14H21NO4/c1-2-18-14(17)12-10-11(15)6-7-13(12)19-9-5-3-4-8-16/h6-7,10,16H,2-5,8-9,15H2,1H3. The van der Waals surface area contributed by atoms with Crippen molar-refractivity contribution in [1.82, 2.24) is 0 Å². The molecule has 19 heavy (non-hydrogen) atoms. The van der Waals surface area contributed by atoms with E-state index in [2.05, 4.69) is 0 Å². The lowest BCUT2D eigenvalue weighted by atomic mass is 10.2. The molecule has 0 amide bonds. The Hall–Kier alpha value is -1.75. The Morgan fingerprint density at radius 3 is 2.79 bits per heavy atom. The van der Waals surface area contributed by atoms with E-state index in [1.165, 1.54) is 0 Å². The van der Waals surface area contributed by atoms with E-state index in [-0.39, 0.29) is 6.61 Å². The highest BCUT2D eigenvalue weighted by molar-refractivity contribution is 5.93. The number of nitrogen functional groups attached to an aromatic ring is 1. The Kier molecular flexibility index (Phi) is 6.74. The predicted octanol–water partition coefficient (Wildman–Crippen LogP) is 1.99. The third-order valence-electron chi connectivity index (χ3n) is 2.56. The van der Waals surface area contributed by atoms with E-state index in [9.17, 15) is 4.79 Å². The molecule has 0 aliphatic heterocycles. The molecule has 0 unspecified atom stereocenters. The van der Waals surface area contributed by atoms with Crippen LogP contribution < -0.4 is 10.5 Å². The summed E-state index contributed by atoms with van der Waals surface area (Å²) in [7, 11) is 0. The van der Waals surface area contributed by atoms with Crippen LogP contribution in [0.4, 0.5) is 5.69 Å². The van der Waals surface area contributed by atoms with Crippen LogP contribution >= 0.6 is 0 Å². The second-order valence-electron chi connectivity index (χ2n) is 4.11. The molecule has 0 fully saturated rings. The number of hydrogen-bond acceptors (Lipinski definition) is 5. The van der Waals surface area contributed by atoms with Crippen molar-refractivity contribution in [2.24, 2.45) is 0 Å². The molecule has 1 rings (SSSR count). The summed E-state index contributed by atoms with van der Waals surface area (Å²) < 4.78 is 10.5. The second-order valence-corrected chi connectivity index (χ2v) is 4.11. The second kappa shape index (κ2) is 8.37. The van der Waals surface area contributed by atoms with Gasteiger partial charge in [0.05, 0.1) is 13.2 Å². The Bertz CT molecular complexity index is 406. The normalized spacial score (nSPS) is 10.2. The number of nitrogens with two attached hydrogens (primary N) is 1. The summed E-state index contributed by atoms with van der Waals surface area (Å²) in [6.45, 7) is 2.75. The van der Waals surface area contributed by atoms with E-state index < -0.39 is 5.97 Å². The maximum Gasteiger partial charge on any atom is 0.341 e. The highest BCUT2D eigenvalue weighted by Crippen LogP contribution is 2.22. The van der Waals surface area contributed by atoms with E-state index in [1.807, 2.05) is 0 Å². The van der Waals surface area contributed by atoms with Crippen molar-refractivity contribution in [2.75, 3.05) is 25.6 Å². The van der Waals surface area contributed by atoms with Gasteiger partial charge in [-0.05, 0) is 44.4 Å². The number of benzene rings is 1. The fraction of sp³-hybridized carbons (Fsp3) is 0.500. The average molecular weight is 267 g/mol. The third-order valence-corrected chi connectivity index (χ3v) is 2.56. The van der Waals surface area contributed by atoms with Gasteiger partial charge < -0.3 is 20.3 Å². The Morgan fingerprint density at radius 2 is 2.11 bits per heavy atom. The molecule has 0 saturated heterocycles. The Balaban J connectivity index is 2.63. The van der Waals surface area contributed by atoms with Gasteiger partial charge in [-0.2, -0.15) is 0 Å². The lowest BCUT2D eigenvalue weighted by Gasteiger charge is -2.11. The van der Waals surface area contributed by atoms with Crippen LogP contribution in [0, 0.1) is 0 Å². The van der Waals surface area contributed by atoms with Crippen molar-refractivity contribution in [1.29, 1.82) is 0 Å². The minimum atomic E-state index is -0.430. The fourth-order valence-corrected chi connectivity index (χ4v) is 1.61. The minimum absolute atomic E-state index is 0.190. The van der Waals surface area contributed by atoms with Gasteiger partial charge in [-0.15, -0.1) is 0 Å². The number of esters is 1. The van der Waals surface area contributed by atoms with E-state index in [1.54, 1.807) is 25.1 Å². The third kappa shape index (κ3) is 5.18. The highest BCUT2D eigenvalue weighted by atomic mass is 16.5. The zero-order valence-corrected chi connectivity index (χ0v) is 11.2. The average Bonchev–Trinajstić information content (AvgIpc) is 2.40. The molecule has 0 radical (unpaired) electrons. The number of hydrogen-bond donors (Lipinski definition) is 2. The van der Waals surface area contributed by atoms with Gasteiger partial charge in [0.2, 0.25) is 0 Å². The number of aliphatic hydroxyl groups is 1. The molecule has 0 saturated carbocycles. The molecular formula is C14H21NO4. The van der Waals surface area contributed by atoms with E-state index in [0.717, 1.165) is 19.3 Å². The van der Waals surface area contributed by atoms with Crippen molar-refractivity contribution in [2.45, 2.75) is 26.2 Å². The van der Waals surface area contributed by atoms with Crippen LogP contribution in [0.5, 0.6) is 5.75 Å². The van der Waals surface area contributed by atoms with Gasteiger partial charge in [0.25, 0.3) is 0 Å². The first-order chi connectivity index (χ1) is 9.19. The Morgan fingerprint density at radius 1 is 1.32 bits per heavy atom. The first-order valence-electron chi connectivity index (χ1n) is 6.49. The zero-order valence-electron chi connectivity index (χ0n) is 11.2. The summed E-state index contributed by atoms with van der Waals surface area (Å²) in [6.07, 6.45) is 2.48. The van der Waals surface area contributed by atoms with E-state index in [4.69, 9.17) is 20.3 Å². The van der Waals surface area contributed by atoms with Gasteiger partial charge >= 0.3 is 5.97 Å². The van der Waals surface area contributed by atoms with Crippen LogP contribution in [-0.4, -0.2) is 30.9 Å².